The summed E-state index contributed by atoms with van der Waals surface area (Å²) in [6.45, 7) is 7.81. The smallest absolute Gasteiger partial charge is 0.408 e. The van der Waals surface area contributed by atoms with Crippen molar-refractivity contribution in [1.82, 2.24) is 5.32 Å². The van der Waals surface area contributed by atoms with Gasteiger partial charge in [0.2, 0.25) is 5.91 Å². The maximum atomic E-state index is 11.8. The third kappa shape index (κ3) is 3.01. The van der Waals surface area contributed by atoms with Crippen molar-refractivity contribution in [3.8, 4) is 0 Å². The van der Waals surface area contributed by atoms with Gasteiger partial charge in [0.15, 0.2) is 0 Å². The second-order valence-electron chi connectivity index (χ2n) is 7.03. The Balaban J connectivity index is 1.82. The summed E-state index contributed by atoms with van der Waals surface area (Å²) in [7, 11) is 0. The van der Waals surface area contributed by atoms with Gasteiger partial charge in [0.05, 0.1) is 0 Å². The summed E-state index contributed by atoms with van der Waals surface area (Å²) in [5, 5.41) is 2.59. The van der Waals surface area contributed by atoms with E-state index in [1.165, 1.54) is 0 Å². The first-order valence-corrected chi connectivity index (χ1v) is 6.96. The highest BCUT2D eigenvalue weighted by Crippen LogP contribution is 2.57. The average molecular weight is 268 g/mol. The van der Waals surface area contributed by atoms with Gasteiger partial charge in [0, 0.05) is 0 Å². The van der Waals surface area contributed by atoms with Crippen molar-refractivity contribution in [3.63, 3.8) is 0 Å². The van der Waals surface area contributed by atoms with Crippen molar-refractivity contribution in [2.45, 2.75) is 52.7 Å². The molecule has 2 saturated carbocycles. The number of primary amides is 1. The Morgan fingerprint density at radius 3 is 2.21 bits per heavy atom. The first-order valence-electron chi connectivity index (χ1n) is 6.96. The average Bonchev–Trinajstić information content (AvgIpc) is 2.72. The minimum Gasteiger partial charge on any atom is -0.446 e. The van der Waals surface area contributed by atoms with E-state index in [1.807, 2.05) is 20.8 Å². The molecule has 0 aliphatic heterocycles. The molecule has 2 fully saturated rings. The van der Waals surface area contributed by atoms with E-state index in [0.717, 1.165) is 30.6 Å². The summed E-state index contributed by atoms with van der Waals surface area (Å²) in [6, 6.07) is -0.713. The van der Waals surface area contributed by atoms with Gasteiger partial charge >= 0.3 is 6.09 Å². The Hall–Kier alpha value is -1.26. The fourth-order valence-electron chi connectivity index (χ4n) is 3.23. The molecule has 5 atom stereocenters. The molecule has 108 valence electrons. The highest BCUT2D eigenvalue weighted by atomic mass is 16.6. The standard InChI is InChI=1S/C14H24N2O3/c1-7-9-5-8(6-10(7)9)19-13(18)16-11(12(15)17)14(2,3)4/h7-11H,5-6H2,1-4H3,(H2,15,17)(H,16,18)/t7-,8+,9+,10-,11-/m1/s1. The fraction of sp³-hybridized carbons (Fsp3) is 0.857. The lowest BCUT2D eigenvalue weighted by atomic mass is 9.86. The van der Waals surface area contributed by atoms with Crippen molar-refractivity contribution in [2.75, 3.05) is 0 Å². The number of hydrogen-bond acceptors (Lipinski definition) is 3. The van der Waals surface area contributed by atoms with E-state index in [4.69, 9.17) is 10.5 Å². The minimum absolute atomic E-state index is 0.000283. The predicted molar refractivity (Wildman–Crippen MR) is 71.2 cm³/mol. The molecule has 3 N–H and O–H groups in total. The number of nitrogens with one attached hydrogen (secondary N) is 1. The van der Waals surface area contributed by atoms with Crippen LogP contribution in [-0.2, 0) is 9.53 Å². The summed E-state index contributed by atoms with van der Waals surface area (Å²) >= 11 is 0. The van der Waals surface area contributed by atoms with Crippen LogP contribution in [0.5, 0.6) is 0 Å². The number of carbonyl (C=O) groups excluding carboxylic acids is 2. The number of amides is 2. The molecule has 2 aliphatic carbocycles. The molecule has 0 aromatic rings. The molecule has 0 bridgehead atoms. The van der Waals surface area contributed by atoms with Crippen LogP contribution in [0.1, 0.15) is 40.5 Å². The number of hydrogen-bond donors (Lipinski definition) is 2. The SMILES string of the molecule is C[C@H]1[C@H]2C[C@@H](OC(=O)N[C@H](C(N)=O)C(C)(C)C)C[C@@H]12. The number of alkyl carbamates (subject to hydrolysis) is 1. The van der Waals surface area contributed by atoms with Gasteiger partial charge in [0.25, 0.3) is 0 Å². The van der Waals surface area contributed by atoms with E-state index >= 15 is 0 Å². The first-order chi connectivity index (χ1) is 8.70. The maximum absolute atomic E-state index is 11.8. The van der Waals surface area contributed by atoms with Crippen LogP contribution in [0.15, 0.2) is 0 Å². The molecule has 2 rings (SSSR count). The molecule has 0 aromatic heterocycles. The molecular weight excluding hydrogens is 244 g/mol. The summed E-state index contributed by atoms with van der Waals surface area (Å²) < 4.78 is 5.38. The van der Waals surface area contributed by atoms with Crippen LogP contribution < -0.4 is 11.1 Å². The lowest BCUT2D eigenvalue weighted by molar-refractivity contribution is -0.122. The Morgan fingerprint density at radius 1 is 1.26 bits per heavy atom. The van der Waals surface area contributed by atoms with Crippen LogP contribution in [0.4, 0.5) is 4.79 Å². The molecule has 0 saturated heterocycles. The van der Waals surface area contributed by atoms with Gasteiger partial charge in [0.1, 0.15) is 12.1 Å². The van der Waals surface area contributed by atoms with Crippen LogP contribution in [-0.4, -0.2) is 24.1 Å². The molecule has 0 spiro atoms. The zero-order valence-electron chi connectivity index (χ0n) is 12.1. The molecule has 0 unspecified atom stereocenters. The molecule has 2 amide bonds. The van der Waals surface area contributed by atoms with Gasteiger partial charge in [-0.15, -0.1) is 0 Å². The van der Waals surface area contributed by atoms with E-state index in [9.17, 15) is 9.59 Å². The molecule has 5 heteroatoms. The van der Waals surface area contributed by atoms with Gasteiger partial charge in [-0.3, -0.25) is 4.79 Å². The van der Waals surface area contributed by atoms with E-state index < -0.39 is 23.5 Å². The lowest BCUT2D eigenvalue weighted by Gasteiger charge is -2.29. The van der Waals surface area contributed by atoms with Crippen molar-refractivity contribution < 1.29 is 14.3 Å². The van der Waals surface area contributed by atoms with E-state index in [1.54, 1.807) is 0 Å². The number of fused-ring (bicyclic) bond motifs is 1. The molecule has 5 nitrogen and oxygen atoms in total. The summed E-state index contributed by atoms with van der Waals surface area (Å²) in [4.78, 5) is 23.2. The van der Waals surface area contributed by atoms with Gasteiger partial charge in [-0.05, 0) is 36.0 Å². The zero-order valence-corrected chi connectivity index (χ0v) is 12.1. The molecule has 2 aliphatic rings. The number of ether oxygens (including phenoxy) is 1. The highest BCUT2D eigenvalue weighted by molar-refractivity contribution is 5.85. The molecule has 0 radical (unpaired) electrons. The van der Waals surface area contributed by atoms with Crippen molar-refractivity contribution in [1.29, 1.82) is 0 Å². The predicted octanol–water partition coefficient (Wildman–Crippen LogP) is 1.66. The first kappa shape index (κ1) is 14.2. The van der Waals surface area contributed by atoms with Crippen molar-refractivity contribution in [3.05, 3.63) is 0 Å². The molecule has 19 heavy (non-hydrogen) atoms. The van der Waals surface area contributed by atoms with Gasteiger partial charge < -0.3 is 15.8 Å². The van der Waals surface area contributed by atoms with Crippen LogP contribution in [0.2, 0.25) is 0 Å². The van der Waals surface area contributed by atoms with E-state index in [0.29, 0.717) is 0 Å². The Bertz CT molecular complexity index is 377. The number of carbonyl (C=O) groups is 2. The molecule has 0 heterocycles. The summed E-state index contributed by atoms with van der Waals surface area (Å²) in [5.41, 5.74) is 4.90. The second kappa shape index (κ2) is 4.69. The van der Waals surface area contributed by atoms with Crippen molar-refractivity contribution >= 4 is 12.0 Å². The number of nitrogens with two attached hydrogens (primary N) is 1. The largest absolute Gasteiger partial charge is 0.446 e. The van der Waals surface area contributed by atoms with E-state index in [2.05, 4.69) is 12.2 Å². The van der Waals surface area contributed by atoms with Crippen molar-refractivity contribution in [2.24, 2.45) is 28.9 Å². The maximum Gasteiger partial charge on any atom is 0.408 e. The Kier molecular flexibility index (Phi) is 3.49. The van der Waals surface area contributed by atoms with Gasteiger partial charge in [-0.2, -0.15) is 0 Å². The summed E-state index contributed by atoms with van der Waals surface area (Å²) in [5.74, 6) is 1.71. The molecular formula is C14H24N2O3. The van der Waals surface area contributed by atoms with Crippen LogP contribution in [0, 0.1) is 23.2 Å². The monoisotopic (exact) mass is 268 g/mol. The topological polar surface area (TPSA) is 81.4 Å². The third-order valence-corrected chi connectivity index (χ3v) is 4.52. The third-order valence-electron chi connectivity index (χ3n) is 4.52. The van der Waals surface area contributed by atoms with Crippen LogP contribution >= 0.6 is 0 Å². The quantitative estimate of drug-likeness (QED) is 0.816. The Morgan fingerprint density at radius 2 is 1.79 bits per heavy atom. The normalized spacial score (nSPS) is 34.3. The van der Waals surface area contributed by atoms with Gasteiger partial charge in [-0.25, -0.2) is 4.79 Å². The summed E-state index contributed by atoms with van der Waals surface area (Å²) in [6.07, 6.45) is 1.38. The Labute approximate surface area is 114 Å². The number of rotatable bonds is 3. The fourth-order valence-corrected chi connectivity index (χ4v) is 3.23. The minimum atomic E-state index is -0.713. The van der Waals surface area contributed by atoms with Gasteiger partial charge in [-0.1, -0.05) is 27.7 Å². The second-order valence-corrected chi connectivity index (χ2v) is 7.03. The zero-order chi connectivity index (χ0) is 14.4. The lowest BCUT2D eigenvalue weighted by Crippen LogP contribution is -2.52. The molecule has 0 aromatic carbocycles. The van der Waals surface area contributed by atoms with Crippen LogP contribution in [0.3, 0.4) is 0 Å². The van der Waals surface area contributed by atoms with Crippen LogP contribution in [0.25, 0.3) is 0 Å². The van der Waals surface area contributed by atoms with E-state index in [-0.39, 0.29) is 6.10 Å². The highest BCUT2D eigenvalue weighted by Gasteiger charge is 2.54.